The maximum Gasteiger partial charge on any atom is 0.125 e. The molecule has 0 saturated heterocycles. The van der Waals surface area contributed by atoms with Gasteiger partial charge in [0.05, 0.1) is 0 Å². The molecule has 0 bridgehead atoms. The molecule has 2 rings (SSSR count). The average molecular weight is 416 g/mol. The molecule has 2 aromatic rings. The summed E-state index contributed by atoms with van der Waals surface area (Å²) < 4.78 is 7.17. The van der Waals surface area contributed by atoms with Gasteiger partial charge in [0.25, 0.3) is 0 Å². The molecule has 0 aliphatic rings. The van der Waals surface area contributed by atoms with Crippen molar-refractivity contribution >= 4 is 34.2 Å². The van der Waals surface area contributed by atoms with Crippen LogP contribution in [0.15, 0.2) is 42.5 Å². The fraction of sp³-hybridized carbons (Fsp3) is 0.294. The van der Waals surface area contributed by atoms with E-state index in [1.165, 1.54) is 3.57 Å². The second-order valence-electron chi connectivity index (χ2n) is 5.17. The lowest BCUT2D eigenvalue weighted by atomic mass is 10.2. The molecule has 0 aliphatic heterocycles. The lowest BCUT2D eigenvalue weighted by Gasteiger charge is -2.15. The zero-order valence-corrected chi connectivity index (χ0v) is 15.1. The molecule has 112 valence electrons. The number of rotatable bonds is 6. The Hall–Kier alpha value is -0.780. The summed E-state index contributed by atoms with van der Waals surface area (Å²) in [7, 11) is 0. The Bertz CT molecular complexity index is 584. The Labute approximate surface area is 145 Å². The van der Waals surface area contributed by atoms with E-state index in [0.29, 0.717) is 19.2 Å². The Balaban J connectivity index is 2.08. The lowest BCUT2D eigenvalue weighted by Crippen LogP contribution is -2.22. The molecule has 0 spiro atoms. The van der Waals surface area contributed by atoms with E-state index in [9.17, 15) is 0 Å². The largest absolute Gasteiger partial charge is 0.489 e. The Morgan fingerprint density at radius 2 is 1.86 bits per heavy atom. The summed E-state index contributed by atoms with van der Waals surface area (Å²) in [6.45, 7) is 5.48. The van der Waals surface area contributed by atoms with Gasteiger partial charge in [-0.3, -0.25) is 0 Å². The molecule has 4 heteroatoms. The maximum atomic E-state index is 6.29. The van der Waals surface area contributed by atoms with Gasteiger partial charge in [-0.25, -0.2) is 0 Å². The van der Waals surface area contributed by atoms with E-state index in [1.54, 1.807) is 0 Å². The molecule has 0 unspecified atom stereocenters. The number of hydrogen-bond acceptors (Lipinski definition) is 2. The van der Waals surface area contributed by atoms with Gasteiger partial charge >= 0.3 is 0 Å². The van der Waals surface area contributed by atoms with E-state index in [1.807, 2.05) is 18.2 Å². The van der Waals surface area contributed by atoms with Crippen molar-refractivity contribution in [3.05, 3.63) is 62.2 Å². The molecule has 1 N–H and O–H groups in total. The summed E-state index contributed by atoms with van der Waals surface area (Å²) >= 11 is 8.59. The Morgan fingerprint density at radius 3 is 2.52 bits per heavy atom. The van der Waals surface area contributed by atoms with Crippen LogP contribution in [0.1, 0.15) is 25.0 Å². The topological polar surface area (TPSA) is 21.3 Å². The highest BCUT2D eigenvalue weighted by molar-refractivity contribution is 14.1. The monoisotopic (exact) mass is 415 g/mol. The van der Waals surface area contributed by atoms with Crippen LogP contribution in [0, 0.1) is 3.57 Å². The number of nitrogens with one attached hydrogen (secondary N) is 1. The van der Waals surface area contributed by atoms with E-state index in [0.717, 1.165) is 21.9 Å². The molecule has 2 nitrogen and oxygen atoms in total. The molecule has 0 radical (unpaired) electrons. The maximum absolute atomic E-state index is 6.29. The Kier molecular flexibility index (Phi) is 6.33. The van der Waals surface area contributed by atoms with Crippen molar-refractivity contribution in [2.75, 3.05) is 0 Å². The minimum atomic E-state index is 0.408. The van der Waals surface area contributed by atoms with Crippen LogP contribution >= 0.6 is 34.2 Å². The molecule has 0 aromatic heterocycles. The smallest absolute Gasteiger partial charge is 0.125 e. The molecule has 0 atom stereocenters. The number of halogens is 2. The fourth-order valence-corrected chi connectivity index (χ4v) is 2.49. The third kappa shape index (κ3) is 5.16. The van der Waals surface area contributed by atoms with Gasteiger partial charge in [-0.2, -0.15) is 0 Å². The van der Waals surface area contributed by atoms with Crippen molar-refractivity contribution < 1.29 is 4.74 Å². The molecule has 2 aromatic carbocycles. The number of hydrogen-bond donors (Lipinski definition) is 1. The van der Waals surface area contributed by atoms with E-state index in [-0.39, 0.29) is 0 Å². The van der Waals surface area contributed by atoms with Crippen molar-refractivity contribution in [1.82, 2.24) is 5.32 Å². The average Bonchev–Trinajstić information content (AvgIpc) is 2.45. The van der Waals surface area contributed by atoms with Crippen LogP contribution in [-0.2, 0) is 13.2 Å². The van der Waals surface area contributed by atoms with Crippen LogP contribution in [0.2, 0.25) is 5.02 Å². The molecular formula is C17H19ClINO. The predicted molar refractivity (Wildman–Crippen MR) is 96.9 cm³/mol. The standard InChI is InChI=1S/C17H19ClINO/c1-12(2)20-10-15-16(18)4-3-5-17(15)21-11-13-6-8-14(19)9-7-13/h3-9,12,20H,10-11H2,1-2H3. The second kappa shape index (κ2) is 8.01. The van der Waals surface area contributed by atoms with E-state index in [4.69, 9.17) is 16.3 Å². The van der Waals surface area contributed by atoms with Gasteiger partial charge in [0.2, 0.25) is 0 Å². The summed E-state index contributed by atoms with van der Waals surface area (Å²) in [5.41, 5.74) is 2.16. The molecule has 0 saturated carbocycles. The molecule has 0 heterocycles. The fourth-order valence-electron chi connectivity index (χ4n) is 1.89. The quantitative estimate of drug-likeness (QED) is 0.669. The first-order chi connectivity index (χ1) is 10.1. The first kappa shape index (κ1) is 16.6. The van der Waals surface area contributed by atoms with Crippen molar-refractivity contribution in [2.24, 2.45) is 0 Å². The van der Waals surface area contributed by atoms with Gasteiger partial charge in [0.15, 0.2) is 0 Å². The predicted octanol–water partition coefficient (Wildman–Crippen LogP) is 5.02. The minimum Gasteiger partial charge on any atom is -0.489 e. The number of ether oxygens (including phenoxy) is 1. The SMILES string of the molecule is CC(C)NCc1c(Cl)cccc1OCc1ccc(I)cc1. The van der Waals surface area contributed by atoms with E-state index in [2.05, 4.69) is 66.0 Å². The minimum absolute atomic E-state index is 0.408. The van der Waals surface area contributed by atoms with Crippen molar-refractivity contribution in [1.29, 1.82) is 0 Å². The highest BCUT2D eigenvalue weighted by Gasteiger charge is 2.09. The van der Waals surface area contributed by atoms with Crippen LogP contribution < -0.4 is 10.1 Å². The first-order valence-corrected chi connectivity index (χ1v) is 8.40. The molecule has 0 aliphatic carbocycles. The summed E-state index contributed by atoms with van der Waals surface area (Å²) in [5.74, 6) is 0.842. The zero-order chi connectivity index (χ0) is 15.2. The molecule has 0 fully saturated rings. The van der Waals surface area contributed by atoms with Crippen molar-refractivity contribution in [3.63, 3.8) is 0 Å². The van der Waals surface area contributed by atoms with E-state index >= 15 is 0 Å². The van der Waals surface area contributed by atoms with Gasteiger partial charge < -0.3 is 10.1 Å². The van der Waals surface area contributed by atoms with E-state index < -0.39 is 0 Å². The second-order valence-corrected chi connectivity index (χ2v) is 6.82. The highest BCUT2D eigenvalue weighted by atomic mass is 127. The van der Waals surface area contributed by atoms with Gasteiger partial charge in [-0.05, 0) is 52.4 Å². The van der Waals surface area contributed by atoms with Crippen LogP contribution in [0.5, 0.6) is 5.75 Å². The summed E-state index contributed by atoms with van der Waals surface area (Å²) in [6, 6.07) is 14.5. The van der Waals surface area contributed by atoms with Crippen molar-refractivity contribution in [2.45, 2.75) is 33.0 Å². The van der Waals surface area contributed by atoms with Crippen LogP contribution in [0.4, 0.5) is 0 Å². The molecule has 21 heavy (non-hydrogen) atoms. The summed E-state index contributed by atoms with van der Waals surface area (Å²) in [6.07, 6.45) is 0. The third-order valence-electron chi connectivity index (χ3n) is 3.07. The van der Waals surface area contributed by atoms with Crippen LogP contribution in [0.25, 0.3) is 0 Å². The summed E-state index contributed by atoms with van der Waals surface area (Å²) in [4.78, 5) is 0. The molecular weight excluding hydrogens is 397 g/mol. The molecule has 0 amide bonds. The lowest BCUT2D eigenvalue weighted by molar-refractivity contribution is 0.302. The number of benzene rings is 2. The van der Waals surface area contributed by atoms with Crippen molar-refractivity contribution in [3.8, 4) is 5.75 Å². The van der Waals surface area contributed by atoms with Gasteiger partial charge in [0, 0.05) is 26.7 Å². The zero-order valence-electron chi connectivity index (χ0n) is 12.2. The van der Waals surface area contributed by atoms with Crippen LogP contribution in [-0.4, -0.2) is 6.04 Å². The highest BCUT2D eigenvalue weighted by Crippen LogP contribution is 2.27. The van der Waals surface area contributed by atoms with Gasteiger partial charge in [-0.15, -0.1) is 0 Å². The van der Waals surface area contributed by atoms with Gasteiger partial charge in [-0.1, -0.05) is 43.6 Å². The Morgan fingerprint density at radius 1 is 1.14 bits per heavy atom. The first-order valence-electron chi connectivity index (χ1n) is 6.94. The summed E-state index contributed by atoms with van der Waals surface area (Å²) in [5, 5.41) is 4.12. The van der Waals surface area contributed by atoms with Crippen LogP contribution in [0.3, 0.4) is 0 Å². The van der Waals surface area contributed by atoms with Gasteiger partial charge in [0.1, 0.15) is 12.4 Å². The third-order valence-corrected chi connectivity index (χ3v) is 4.14. The normalized spacial score (nSPS) is 10.9.